The number of hydrogen-bond donors (Lipinski definition) is 1. The highest BCUT2D eigenvalue weighted by atomic mass is 16.5. The molecule has 2 heterocycles. The van der Waals surface area contributed by atoms with Gasteiger partial charge in [0.15, 0.2) is 0 Å². The van der Waals surface area contributed by atoms with Gasteiger partial charge in [-0.15, -0.1) is 0 Å². The van der Waals surface area contributed by atoms with E-state index in [-0.39, 0.29) is 11.2 Å². The van der Waals surface area contributed by atoms with Gasteiger partial charge in [0.25, 0.3) is 0 Å². The molecule has 1 unspecified atom stereocenters. The first kappa shape index (κ1) is 11.4. The zero-order valence-electron chi connectivity index (χ0n) is 10.4. The number of hydrogen-bond acceptors (Lipinski definition) is 3. The summed E-state index contributed by atoms with van der Waals surface area (Å²) in [6, 6.07) is 6.20. The summed E-state index contributed by atoms with van der Waals surface area (Å²) < 4.78 is 6.03. The second-order valence-electron chi connectivity index (χ2n) is 5.58. The molecule has 0 spiro atoms. The maximum Gasteiger partial charge on any atom is 0.126 e. The summed E-state index contributed by atoms with van der Waals surface area (Å²) >= 11 is 0. The van der Waals surface area contributed by atoms with Crippen LogP contribution < -0.4 is 5.32 Å². The van der Waals surface area contributed by atoms with E-state index >= 15 is 0 Å². The normalized spacial score (nSPS) is 26.6. The van der Waals surface area contributed by atoms with Crippen molar-refractivity contribution in [2.24, 2.45) is 0 Å². The van der Waals surface area contributed by atoms with E-state index in [0.717, 1.165) is 12.2 Å². The van der Waals surface area contributed by atoms with Crippen molar-refractivity contribution in [2.75, 3.05) is 5.32 Å². The first-order valence-electron chi connectivity index (χ1n) is 5.77. The molecule has 1 atom stereocenters. The first-order valence-corrected chi connectivity index (χ1v) is 5.77. The molecule has 0 aromatic carbocycles. The van der Waals surface area contributed by atoms with Crippen LogP contribution in [0.5, 0.6) is 0 Å². The zero-order valence-corrected chi connectivity index (χ0v) is 10.4. The van der Waals surface area contributed by atoms with E-state index in [4.69, 9.17) is 4.74 Å². The van der Waals surface area contributed by atoms with Gasteiger partial charge in [0.1, 0.15) is 5.82 Å². The molecular weight excluding hydrogens is 200 g/mol. The third-order valence-electron chi connectivity index (χ3n) is 3.06. The molecule has 3 heteroatoms. The van der Waals surface area contributed by atoms with Crippen LogP contribution in [-0.2, 0) is 4.74 Å². The first-order chi connectivity index (χ1) is 7.39. The third kappa shape index (κ3) is 2.35. The topological polar surface area (TPSA) is 34.2 Å². The van der Waals surface area contributed by atoms with Gasteiger partial charge >= 0.3 is 0 Å². The highest BCUT2D eigenvalue weighted by Gasteiger charge is 2.45. The molecule has 1 N–H and O–H groups in total. The van der Waals surface area contributed by atoms with Gasteiger partial charge in [0.2, 0.25) is 0 Å². The van der Waals surface area contributed by atoms with Crippen molar-refractivity contribution in [3.8, 4) is 0 Å². The van der Waals surface area contributed by atoms with Gasteiger partial charge in [-0.3, -0.25) is 0 Å². The molecule has 1 fully saturated rings. The van der Waals surface area contributed by atoms with E-state index in [1.807, 2.05) is 18.2 Å². The average molecular weight is 220 g/mol. The van der Waals surface area contributed by atoms with Gasteiger partial charge in [-0.1, -0.05) is 6.07 Å². The van der Waals surface area contributed by atoms with Crippen LogP contribution in [0.3, 0.4) is 0 Å². The van der Waals surface area contributed by atoms with Gasteiger partial charge in [0.05, 0.1) is 17.2 Å². The molecule has 0 saturated carbocycles. The van der Waals surface area contributed by atoms with Gasteiger partial charge in [-0.05, 0) is 46.2 Å². The molecule has 0 bridgehead atoms. The summed E-state index contributed by atoms with van der Waals surface area (Å²) in [5.41, 5.74) is -0.211. The smallest absolute Gasteiger partial charge is 0.126 e. The van der Waals surface area contributed by atoms with Crippen LogP contribution in [0, 0.1) is 0 Å². The number of rotatable bonds is 2. The summed E-state index contributed by atoms with van der Waals surface area (Å²) in [7, 11) is 0. The van der Waals surface area contributed by atoms with Crippen LogP contribution in [-0.4, -0.2) is 22.2 Å². The zero-order chi connectivity index (χ0) is 11.8. The third-order valence-corrected chi connectivity index (χ3v) is 3.06. The predicted octanol–water partition coefficient (Wildman–Crippen LogP) is 2.84. The summed E-state index contributed by atoms with van der Waals surface area (Å²) in [6.45, 7) is 8.52. The van der Waals surface area contributed by atoms with Gasteiger partial charge in [0, 0.05) is 6.20 Å². The van der Waals surface area contributed by atoms with E-state index in [9.17, 15) is 0 Å². The Balaban J connectivity index is 2.11. The molecule has 1 aliphatic rings. The molecule has 1 aromatic rings. The molecule has 2 rings (SSSR count). The molecule has 0 amide bonds. The summed E-state index contributed by atoms with van der Waals surface area (Å²) in [4.78, 5) is 4.29. The number of anilines is 1. The second-order valence-corrected chi connectivity index (χ2v) is 5.58. The molecule has 1 aliphatic heterocycles. The average Bonchev–Trinajstić information content (AvgIpc) is 2.36. The molecule has 16 heavy (non-hydrogen) atoms. The van der Waals surface area contributed by atoms with Crippen molar-refractivity contribution < 1.29 is 4.74 Å². The fraction of sp³-hybridized carbons (Fsp3) is 0.615. The minimum absolute atomic E-state index is 0.0596. The monoisotopic (exact) mass is 220 g/mol. The van der Waals surface area contributed by atoms with Crippen molar-refractivity contribution in [3.63, 3.8) is 0 Å². The molecular formula is C13H20N2O. The maximum absolute atomic E-state index is 6.03. The van der Waals surface area contributed by atoms with E-state index in [1.165, 1.54) is 0 Å². The Hall–Kier alpha value is -1.09. The lowest BCUT2D eigenvalue weighted by Gasteiger charge is -2.28. The van der Waals surface area contributed by atoms with E-state index < -0.39 is 0 Å². The predicted molar refractivity (Wildman–Crippen MR) is 65.5 cm³/mol. The van der Waals surface area contributed by atoms with Crippen molar-refractivity contribution in [1.82, 2.24) is 4.98 Å². The molecule has 1 saturated heterocycles. The fourth-order valence-corrected chi connectivity index (χ4v) is 2.41. The molecule has 3 nitrogen and oxygen atoms in total. The number of pyridine rings is 1. The van der Waals surface area contributed by atoms with Crippen molar-refractivity contribution in [3.05, 3.63) is 24.4 Å². The van der Waals surface area contributed by atoms with E-state index in [0.29, 0.717) is 6.04 Å². The standard InChI is InChI=1S/C13H20N2O/c1-12(2)9-10(13(3,4)16-12)15-11-7-5-6-8-14-11/h5-8,10H,9H2,1-4H3,(H,14,15). The highest BCUT2D eigenvalue weighted by molar-refractivity contribution is 5.36. The van der Waals surface area contributed by atoms with Crippen molar-refractivity contribution in [1.29, 1.82) is 0 Å². The highest BCUT2D eigenvalue weighted by Crippen LogP contribution is 2.38. The SMILES string of the molecule is CC1(C)CC(Nc2ccccn2)C(C)(C)O1. The number of ether oxygens (including phenoxy) is 1. The maximum atomic E-state index is 6.03. The summed E-state index contributed by atoms with van der Waals surface area (Å²) in [5, 5.41) is 3.45. The van der Waals surface area contributed by atoms with Crippen LogP contribution in [0.15, 0.2) is 24.4 Å². The van der Waals surface area contributed by atoms with Crippen molar-refractivity contribution >= 4 is 5.82 Å². The van der Waals surface area contributed by atoms with Gasteiger partial charge in [-0.25, -0.2) is 4.98 Å². The number of aromatic nitrogens is 1. The van der Waals surface area contributed by atoms with E-state index in [1.54, 1.807) is 6.20 Å². The molecule has 0 aliphatic carbocycles. The van der Waals surface area contributed by atoms with Crippen LogP contribution in [0.2, 0.25) is 0 Å². The molecule has 88 valence electrons. The number of nitrogens with zero attached hydrogens (tertiary/aromatic N) is 1. The van der Waals surface area contributed by atoms with Gasteiger partial charge < -0.3 is 10.1 Å². The largest absolute Gasteiger partial charge is 0.367 e. The Morgan fingerprint density at radius 2 is 2.06 bits per heavy atom. The Bertz CT molecular complexity index is 359. The lowest BCUT2D eigenvalue weighted by atomic mass is 9.94. The molecule has 0 radical (unpaired) electrons. The Morgan fingerprint density at radius 1 is 1.31 bits per heavy atom. The van der Waals surface area contributed by atoms with Crippen LogP contribution in [0.25, 0.3) is 0 Å². The fourth-order valence-electron chi connectivity index (χ4n) is 2.41. The number of nitrogens with one attached hydrogen (secondary N) is 1. The van der Waals surface area contributed by atoms with Crippen LogP contribution in [0.4, 0.5) is 5.82 Å². The second kappa shape index (κ2) is 3.74. The van der Waals surface area contributed by atoms with E-state index in [2.05, 4.69) is 38.0 Å². The Kier molecular flexibility index (Phi) is 2.66. The Labute approximate surface area is 97.2 Å². The minimum atomic E-state index is -0.152. The lowest BCUT2D eigenvalue weighted by Crippen LogP contribution is -2.38. The quantitative estimate of drug-likeness (QED) is 0.832. The van der Waals surface area contributed by atoms with Gasteiger partial charge in [-0.2, -0.15) is 0 Å². The summed E-state index contributed by atoms with van der Waals surface area (Å²) in [6.07, 6.45) is 2.80. The van der Waals surface area contributed by atoms with Crippen LogP contribution in [0.1, 0.15) is 34.1 Å². The van der Waals surface area contributed by atoms with Crippen molar-refractivity contribution in [2.45, 2.75) is 51.4 Å². The summed E-state index contributed by atoms with van der Waals surface area (Å²) in [5.74, 6) is 0.918. The molecule has 1 aromatic heterocycles. The minimum Gasteiger partial charge on any atom is -0.367 e. The van der Waals surface area contributed by atoms with Crippen LogP contribution >= 0.6 is 0 Å². The lowest BCUT2D eigenvalue weighted by molar-refractivity contribution is -0.0662. The Morgan fingerprint density at radius 3 is 2.56 bits per heavy atom.